The number of pyridine rings is 1. The van der Waals surface area contributed by atoms with E-state index in [2.05, 4.69) is 60.7 Å². The molecule has 5 rings (SSSR count). The summed E-state index contributed by atoms with van der Waals surface area (Å²) >= 11 is 0. The summed E-state index contributed by atoms with van der Waals surface area (Å²) in [5.41, 5.74) is 3.06. The number of rotatable bonds is 3. The Morgan fingerprint density at radius 2 is 1.61 bits per heavy atom. The van der Waals surface area contributed by atoms with Gasteiger partial charge in [-0.1, -0.05) is 36.4 Å². The van der Waals surface area contributed by atoms with Crippen molar-refractivity contribution in [3.05, 3.63) is 72.7 Å². The number of fused-ring (bicyclic) bond motifs is 1. The van der Waals surface area contributed by atoms with Crippen LogP contribution in [0.1, 0.15) is 5.69 Å². The summed E-state index contributed by atoms with van der Waals surface area (Å²) in [4.78, 5) is 17.6. The van der Waals surface area contributed by atoms with E-state index in [0.29, 0.717) is 0 Å². The lowest BCUT2D eigenvalue weighted by Crippen LogP contribution is -2.48. The van der Waals surface area contributed by atoms with Gasteiger partial charge in [-0.25, -0.2) is 15.0 Å². The number of aryl methyl sites for hydroxylation is 1. The van der Waals surface area contributed by atoms with Crippen molar-refractivity contribution in [2.24, 2.45) is 0 Å². The van der Waals surface area contributed by atoms with E-state index >= 15 is 0 Å². The summed E-state index contributed by atoms with van der Waals surface area (Å²) in [6, 6.07) is 18.7. The molecule has 140 valence electrons. The lowest BCUT2D eigenvalue weighted by molar-refractivity contribution is -0.364. The molecule has 0 spiro atoms. The summed E-state index contributed by atoms with van der Waals surface area (Å²) in [5, 5.41) is 0. The molecule has 4 heterocycles. The quantitative estimate of drug-likeness (QED) is 0.556. The van der Waals surface area contributed by atoms with Gasteiger partial charge in [-0.2, -0.15) is 0 Å². The molecule has 28 heavy (non-hydrogen) atoms. The summed E-state index contributed by atoms with van der Waals surface area (Å²) in [7, 11) is 0. The highest BCUT2D eigenvalue weighted by Crippen LogP contribution is 2.24. The molecule has 1 N–H and O–H groups in total. The van der Waals surface area contributed by atoms with E-state index < -0.39 is 0 Å². The average molecular weight is 371 g/mol. The zero-order valence-corrected chi connectivity index (χ0v) is 15.9. The number of H-pyrrole nitrogens is 1. The van der Waals surface area contributed by atoms with Gasteiger partial charge < -0.3 is 4.90 Å². The topological polar surface area (TPSA) is 50.8 Å². The van der Waals surface area contributed by atoms with Gasteiger partial charge >= 0.3 is 0 Å². The molecular weight excluding hydrogens is 348 g/mol. The molecule has 3 aromatic heterocycles. The van der Waals surface area contributed by atoms with Gasteiger partial charge in [0.1, 0.15) is 18.9 Å². The molecule has 4 aromatic rings. The minimum absolute atomic E-state index is 0.757. The van der Waals surface area contributed by atoms with E-state index in [0.717, 1.165) is 54.7 Å². The summed E-state index contributed by atoms with van der Waals surface area (Å²) in [6.45, 7) is 5.91. The molecule has 1 aromatic carbocycles. The standard InChI is InChI=1S/C22H22N6/c1-17-15-21(27-13-11-26(12-14-27)20-9-5-6-10-23-20)28-16-19(25-22(28)24-17)18-7-3-2-4-8-18/h2-10,15-16H,11-14H2,1H3/p+1. The number of nitrogens with one attached hydrogen (secondary N) is 1. The zero-order chi connectivity index (χ0) is 18.9. The maximum absolute atomic E-state index is 4.77. The largest absolute Gasteiger partial charge is 0.350 e. The lowest BCUT2D eigenvalue weighted by Gasteiger charge is -2.32. The van der Waals surface area contributed by atoms with Crippen LogP contribution in [0.15, 0.2) is 67.0 Å². The van der Waals surface area contributed by atoms with E-state index in [1.807, 2.05) is 37.4 Å². The molecule has 0 radical (unpaired) electrons. The first-order valence-electron chi connectivity index (χ1n) is 9.67. The van der Waals surface area contributed by atoms with Crippen molar-refractivity contribution in [3.63, 3.8) is 0 Å². The molecule has 0 amide bonds. The third-order valence-electron chi connectivity index (χ3n) is 5.26. The molecule has 0 saturated carbocycles. The maximum Gasteiger partial charge on any atom is 0.274 e. The molecule has 0 bridgehead atoms. The minimum Gasteiger partial charge on any atom is -0.350 e. The highest BCUT2D eigenvalue weighted by molar-refractivity contribution is 5.63. The Morgan fingerprint density at radius 3 is 2.36 bits per heavy atom. The normalized spacial score (nSPS) is 14.6. The predicted molar refractivity (Wildman–Crippen MR) is 111 cm³/mol. The van der Waals surface area contributed by atoms with E-state index in [1.165, 1.54) is 5.82 Å². The van der Waals surface area contributed by atoms with E-state index in [9.17, 15) is 0 Å². The molecule has 6 nitrogen and oxygen atoms in total. The second-order valence-corrected chi connectivity index (χ2v) is 7.14. The second-order valence-electron chi connectivity index (χ2n) is 7.14. The minimum atomic E-state index is 0.757. The fraction of sp³-hybridized carbons (Fsp3) is 0.227. The molecule has 6 heteroatoms. The van der Waals surface area contributed by atoms with E-state index in [1.54, 1.807) is 0 Å². The predicted octanol–water partition coefficient (Wildman–Crippen LogP) is 2.85. The van der Waals surface area contributed by atoms with Crippen LogP contribution >= 0.6 is 0 Å². The highest BCUT2D eigenvalue weighted by Gasteiger charge is 2.25. The second kappa shape index (κ2) is 6.96. The van der Waals surface area contributed by atoms with Gasteiger partial charge in [0.15, 0.2) is 0 Å². The Hall–Kier alpha value is -3.41. The Bertz CT molecular complexity index is 1080. The third kappa shape index (κ3) is 3.07. The van der Waals surface area contributed by atoms with Crippen LogP contribution in [0.3, 0.4) is 0 Å². The fourth-order valence-electron chi connectivity index (χ4n) is 3.81. The van der Waals surface area contributed by atoms with Crippen molar-refractivity contribution in [2.45, 2.75) is 6.92 Å². The Balaban J connectivity index is 1.45. The number of benzene rings is 1. The molecule has 1 fully saturated rings. The van der Waals surface area contributed by atoms with Crippen molar-refractivity contribution in [2.75, 3.05) is 36.0 Å². The molecule has 1 aliphatic heterocycles. The summed E-state index contributed by atoms with van der Waals surface area (Å²) in [5.74, 6) is 3.09. The molecule has 0 atom stereocenters. The first kappa shape index (κ1) is 16.7. The maximum atomic E-state index is 4.77. The number of aromatic amines is 1. The van der Waals surface area contributed by atoms with Crippen LogP contribution < -0.4 is 14.8 Å². The summed E-state index contributed by atoms with van der Waals surface area (Å²) < 4.78 is 2.12. The number of piperazine rings is 1. The van der Waals surface area contributed by atoms with Crippen molar-refractivity contribution in [1.29, 1.82) is 0 Å². The average Bonchev–Trinajstić information content (AvgIpc) is 3.18. The van der Waals surface area contributed by atoms with Crippen molar-refractivity contribution in [3.8, 4) is 11.3 Å². The van der Waals surface area contributed by atoms with Crippen LogP contribution in [-0.2, 0) is 0 Å². The van der Waals surface area contributed by atoms with Gasteiger partial charge in [0.05, 0.1) is 25.0 Å². The van der Waals surface area contributed by atoms with Crippen LogP contribution in [0, 0.1) is 6.92 Å². The molecule has 0 unspecified atom stereocenters. The van der Waals surface area contributed by atoms with Gasteiger partial charge in [0.25, 0.3) is 5.82 Å². The van der Waals surface area contributed by atoms with Crippen LogP contribution in [-0.4, -0.2) is 40.5 Å². The molecule has 0 aliphatic carbocycles. The Labute approximate surface area is 164 Å². The van der Waals surface area contributed by atoms with Gasteiger partial charge in [-0.3, -0.25) is 9.30 Å². The smallest absolute Gasteiger partial charge is 0.274 e. The van der Waals surface area contributed by atoms with Crippen LogP contribution in [0.5, 0.6) is 0 Å². The van der Waals surface area contributed by atoms with Crippen LogP contribution in [0.2, 0.25) is 0 Å². The van der Waals surface area contributed by atoms with E-state index in [4.69, 9.17) is 4.98 Å². The van der Waals surface area contributed by atoms with Crippen LogP contribution in [0.25, 0.3) is 17.0 Å². The number of aromatic nitrogens is 4. The fourth-order valence-corrected chi connectivity index (χ4v) is 3.81. The zero-order valence-electron chi connectivity index (χ0n) is 15.9. The van der Waals surface area contributed by atoms with Crippen LogP contribution in [0.4, 0.5) is 11.6 Å². The van der Waals surface area contributed by atoms with Gasteiger partial charge in [-0.05, 0) is 13.0 Å². The number of hydrogen-bond acceptors (Lipinski definition) is 4. The van der Waals surface area contributed by atoms with Gasteiger partial charge in [0, 0.05) is 29.6 Å². The number of hydrogen-bond donors (Lipinski definition) is 0. The highest BCUT2D eigenvalue weighted by atomic mass is 15.3. The van der Waals surface area contributed by atoms with Crippen molar-refractivity contribution < 1.29 is 4.98 Å². The number of anilines is 2. The van der Waals surface area contributed by atoms with Crippen molar-refractivity contribution >= 4 is 17.4 Å². The molecular formula is C22H23N6+. The third-order valence-corrected chi connectivity index (χ3v) is 5.26. The van der Waals surface area contributed by atoms with Crippen molar-refractivity contribution in [1.82, 2.24) is 14.4 Å². The first-order chi connectivity index (χ1) is 13.8. The molecule has 1 aliphatic rings. The van der Waals surface area contributed by atoms with Gasteiger partial charge in [-0.15, -0.1) is 0 Å². The monoisotopic (exact) mass is 371 g/mol. The molecule has 1 saturated heterocycles. The number of imidazole rings is 1. The lowest BCUT2D eigenvalue weighted by atomic mass is 10.2. The summed E-state index contributed by atoms with van der Waals surface area (Å²) in [6.07, 6.45) is 4.08. The Morgan fingerprint density at radius 1 is 0.857 bits per heavy atom. The SMILES string of the molecule is Cc1cc(N2CCN(c3cccc[nH+]3)CC2)n2cc(-c3ccccc3)nc2n1. The Kier molecular flexibility index (Phi) is 4.16. The first-order valence-corrected chi connectivity index (χ1v) is 9.67. The van der Waals surface area contributed by atoms with E-state index in [-0.39, 0.29) is 0 Å². The van der Waals surface area contributed by atoms with Gasteiger partial charge in [0.2, 0.25) is 5.78 Å². The number of nitrogens with zero attached hydrogens (tertiary/aromatic N) is 5.